The molecule has 12 heteroatoms. The summed E-state index contributed by atoms with van der Waals surface area (Å²) in [6.07, 6.45) is 27.0. The van der Waals surface area contributed by atoms with Crippen LogP contribution in [0.25, 0.3) is 0 Å². The predicted molar refractivity (Wildman–Crippen MR) is 176 cm³/mol. The van der Waals surface area contributed by atoms with Crippen molar-refractivity contribution in [1.29, 1.82) is 0 Å². The summed E-state index contributed by atoms with van der Waals surface area (Å²) in [4.78, 5) is 44.1. The molecule has 264 valence electrons. The highest BCUT2D eigenvalue weighted by Crippen LogP contribution is 2.43. The molecule has 0 radical (unpaired) electrons. The number of phosphoric ester groups is 1. The minimum atomic E-state index is -4.71. The van der Waals surface area contributed by atoms with Gasteiger partial charge in [-0.3, -0.25) is 18.6 Å². The van der Waals surface area contributed by atoms with E-state index >= 15 is 0 Å². The summed E-state index contributed by atoms with van der Waals surface area (Å²) in [5, 5.41) is 21.1. The van der Waals surface area contributed by atoms with E-state index in [9.17, 15) is 28.9 Å². The largest absolute Gasteiger partial charge is 0.480 e. The molecule has 11 nitrogen and oxygen atoms in total. The number of carboxylic acid groups (broad SMARTS) is 1. The van der Waals surface area contributed by atoms with E-state index < -0.39 is 57.6 Å². The number of carbonyl (C=O) groups is 3. The number of carbonyl (C=O) groups excluding carboxylic acids is 2. The second kappa shape index (κ2) is 29.6. The molecule has 3 unspecified atom stereocenters. The van der Waals surface area contributed by atoms with Gasteiger partial charge in [-0.2, -0.15) is 0 Å². The van der Waals surface area contributed by atoms with Crippen molar-refractivity contribution < 1.29 is 47.8 Å². The molecule has 0 aliphatic heterocycles. The van der Waals surface area contributed by atoms with Gasteiger partial charge >= 0.3 is 19.8 Å². The van der Waals surface area contributed by atoms with Crippen LogP contribution in [-0.4, -0.2) is 64.9 Å². The van der Waals surface area contributed by atoms with Gasteiger partial charge in [0.2, 0.25) is 5.91 Å². The molecule has 0 aromatic heterocycles. The van der Waals surface area contributed by atoms with Crippen LogP contribution < -0.4 is 5.32 Å². The first-order valence-corrected chi connectivity index (χ1v) is 18.7. The van der Waals surface area contributed by atoms with Gasteiger partial charge in [0.15, 0.2) is 6.04 Å². The van der Waals surface area contributed by atoms with Crippen molar-refractivity contribution >= 4 is 25.7 Å². The lowest BCUT2D eigenvalue weighted by Gasteiger charge is -2.18. The molecule has 0 aromatic rings. The second-order valence-electron chi connectivity index (χ2n) is 11.7. The number of amides is 1. The van der Waals surface area contributed by atoms with Gasteiger partial charge in [-0.1, -0.05) is 116 Å². The number of esters is 1. The predicted octanol–water partition coefficient (Wildman–Crippen LogP) is 7.38. The topological polar surface area (TPSA) is 169 Å². The van der Waals surface area contributed by atoms with Crippen molar-refractivity contribution in [3.8, 4) is 0 Å². The number of allylic oxidation sites excluding steroid dienone is 2. The number of phosphoric acid groups is 1. The van der Waals surface area contributed by atoms with E-state index in [1.54, 1.807) is 0 Å². The van der Waals surface area contributed by atoms with Crippen LogP contribution in [-0.2, 0) is 32.7 Å². The molecule has 0 aliphatic carbocycles. The van der Waals surface area contributed by atoms with E-state index in [0.717, 1.165) is 19.3 Å². The third kappa shape index (κ3) is 29.4. The van der Waals surface area contributed by atoms with Gasteiger partial charge in [0.1, 0.15) is 12.7 Å². The van der Waals surface area contributed by atoms with Gasteiger partial charge in [-0.05, 0) is 32.1 Å². The van der Waals surface area contributed by atoms with Crippen molar-refractivity contribution in [3.05, 3.63) is 12.2 Å². The Morgan fingerprint density at radius 3 is 1.67 bits per heavy atom. The highest BCUT2D eigenvalue weighted by molar-refractivity contribution is 7.47. The summed E-state index contributed by atoms with van der Waals surface area (Å²) in [6.45, 7) is 1.88. The molecule has 45 heavy (non-hydrogen) atoms. The lowest BCUT2D eigenvalue weighted by atomic mass is 10.0. The van der Waals surface area contributed by atoms with Gasteiger partial charge in [0.05, 0.1) is 13.2 Å². The average Bonchev–Trinajstić information content (AvgIpc) is 3.01. The Bertz CT molecular complexity index is 838. The van der Waals surface area contributed by atoms with Crippen LogP contribution in [0.4, 0.5) is 0 Å². The Morgan fingerprint density at radius 1 is 0.711 bits per heavy atom. The fraction of sp³-hybridized carbons (Fsp3) is 0.848. The van der Waals surface area contributed by atoms with Crippen LogP contribution >= 0.6 is 7.82 Å². The average molecular weight is 664 g/mol. The molecule has 0 heterocycles. The number of nitrogens with one attached hydrogen (secondary N) is 1. The zero-order chi connectivity index (χ0) is 33.6. The Hall–Kier alpha value is -1.78. The second-order valence-corrected chi connectivity index (χ2v) is 13.1. The number of aliphatic hydroxyl groups excluding tert-OH is 1. The van der Waals surface area contributed by atoms with Crippen LogP contribution in [0.5, 0.6) is 0 Å². The maximum atomic E-state index is 11.9. The van der Waals surface area contributed by atoms with Gasteiger partial charge in [-0.15, -0.1) is 0 Å². The van der Waals surface area contributed by atoms with Crippen molar-refractivity contribution in [2.75, 3.05) is 19.8 Å². The maximum absolute atomic E-state index is 11.9. The zero-order valence-corrected chi connectivity index (χ0v) is 28.8. The molecule has 0 aliphatic rings. The van der Waals surface area contributed by atoms with E-state index in [-0.39, 0.29) is 12.8 Å². The van der Waals surface area contributed by atoms with Crippen molar-refractivity contribution in [3.63, 3.8) is 0 Å². The Morgan fingerprint density at radius 2 is 1.18 bits per heavy atom. The summed E-state index contributed by atoms with van der Waals surface area (Å²) in [5.74, 6) is -2.49. The van der Waals surface area contributed by atoms with Crippen LogP contribution in [0.3, 0.4) is 0 Å². The summed E-state index contributed by atoms with van der Waals surface area (Å²) < 4.78 is 26.2. The highest BCUT2D eigenvalue weighted by Gasteiger charge is 2.28. The zero-order valence-electron chi connectivity index (χ0n) is 27.9. The first kappa shape index (κ1) is 43.2. The molecule has 1 amide bonds. The number of aliphatic carboxylic acids is 1. The van der Waals surface area contributed by atoms with Gasteiger partial charge in [0.25, 0.3) is 0 Å². The summed E-state index contributed by atoms with van der Waals surface area (Å²) in [6, 6.07) is -1.54. The number of hydrogen-bond donors (Lipinski definition) is 4. The van der Waals surface area contributed by atoms with Gasteiger partial charge in [-0.25, -0.2) is 9.36 Å². The molecule has 0 rings (SSSR count). The smallest absolute Gasteiger partial charge is 0.472 e. The third-order valence-electron chi connectivity index (χ3n) is 7.37. The van der Waals surface area contributed by atoms with Crippen molar-refractivity contribution in [2.24, 2.45) is 0 Å². The lowest BCUT2D eigenvalue weighted by Crippen LogP contribution is -2.43. The summed E-state index contributed by atoms with van der Waals surface area (Å²) >= 11 is 0. The Kier molecular flexibility index (Phi) is 28.4. The lowest BCUT2D eigenvalue weighted by molar-refractivity contribution is -0.147. The minimum absolute atomic E-state index is 0.0280. The van der Waals surface area contributed by atoms with Crippen LogP contribution in [0, 0.1) is 0 Å². The fourth-order valence-corrected chi connectivity index (χ4v) is 5.34. The van der Waals surface area contributed by atoms with E-state index in [4.69, 9.17) is 9.84 Å². The first-order chi connectivity index (χ1) is 21.6. The van der Waals surface area contributed by atoms with E-state index in [0.29, 0.717) is 6.42 Å². The van der Waals surface area contributed by atoms with Gasteiger partial charge in [0, 0.05) is 12.8 Å². The van der Waals surface area contributed by atoms with Gasteiger partial charge < -0.3 is 25.2 Å². The number of rotatable bonds is 32. The molecular weight excluding hydrogens is 601 g/mol. The fourth-order valence-electron chi connectivity index (χ4n) is 4.57. The SMILES string of the molecule is CCCCCCCC/C=C/CCCCCCCCCCCCCC(=O)OCC(O)COP(=O)(O)OCC(NC(=O)CC)C(=O)O. The Labute approximate surface area is 271 Å². The highest BCUT2D eigenvalue weighted by atomic mass is 31.2. The maximum Gasteiger partial charge on any atom is 0.472 e. The quantitative estimate of drug-likeness (QED) is 0.0247. The standard InChI is InChI=1S/C33H62NO10P/c1-3-5-6-7-8-9-10-11-12-13-14-15-16-17-18-19-20-21-22-23-24-25-32(37)42-26-29(35)27-43-45(40,41)44-28-30(33(38)39)34-31(36)4-2/h11-12,29-30,35H,3-10,13-28H2,1-2H3,(H,34,36)(H,38,39)(H,40,41)/b12-11+. The molecular formula is C33H62NO10P. The normalized spacial score (nSPS) is 14.2. The van der Waals surface area contributed by atoms with E-state index in [2.05, 4.69) is 33.4 Å². The molecule has 0 aromatic carbocycles. The molecule has 3 atom stereocenters. The van der Waals surface area contributed by atoms with E-state index in [1.807, 2.05) is 0 Å². The number of unbranched alkanes of at least 4 members (excludes halogenated alkanes) is 17. The number of hydrogen-bond acceptors (Lipinski definition) is 8. The summed E-state index contributed by atoms with van der Waals surface area (Å²) in [5.41, 5.74) is 0. The molecule has 0 fully saturated rings. The van der Waals surface area contributed by atoms with Crippen LogP contribution in [0.15, 0.2) is 12.2 Å². The molecule has 0 spiro atoms. The monoisotopic (exact) mass is 663 g/mol. The third-order valence-corrected chi connectivity index (χ3v) is 8.32. The molecule has 0 saturated carbocycles. The van der Waals surface area contributed by atoms with Crippen molar-refractivity contribution in [1.82, 2.24) is 5.32 Å². The number of ether oxygens (including phenoxy) is 1. The Balaban J connectivity index is 3.64. The molecule has 4 N–H and O–H groups in total. The van der Waals surface area contributed by atoms with Crippen LogP contribution in [0.1, 0.15) is 149 Å². The first-order valence-electron chi connectivity index (χ1n) is 17.2. The number of aliphatic hydroxyl groups is 1. The summed E-state index contributed by atoms with van der Waals surface area (Å²) in [7, 11) is -4.71. The minimum Gasteiger partial charge on any atom is -0.480 e. The number of carboxylic acids is 1. The van der Waals surface area contributed by atoms with E-state index in [1.165, 1.54) is 103 Å². The van der Waals surface area contributed by atoms with Crippen LogP contribution in [0.2, 0.25) is 0 Å². The van der Waals surface area contributed by atoms with Crippen molar-refractivity contribution in [2.45, 2.75) is 161 Å². The molecule has 0 saturated heterocycles. The molecule has 0 bridgehead atoms.